The Balaban J connectivity index is 1.60. The fourth-order valence-corrected chi connectivity index (χ4v) is 4.00. The van der Waals surface area contributed by atoms with Crippen LogP contribution in [0.1, 0.15) is 24.8 Å². The highest BCUT2D eigenvalue weighted by molar-refractivity contribution is 7.88. The maximum atomic E-state index is 11.2. The summed E-state index contributed by atoms with van der Waals surface area (Å²) in [5.41, 5.74) is 2.36. The molecule has 5 nitrogen and oxygen atoms in total. The summed E-state index contributed by atoms with van der Waals surface area (Å²) >= 11 is 0. The summed E-state index contributed by atoms with van der Waals surface area (Å²) in [5, 5.41) is 1.22. The molecule has 1 aliphatic rings. The van der Waals surface area contributed by atoms with Gasteiger partial charge in [-0.1, -0.05) is 18.2 Å². The van der Waals surface area contributed by atoms with Crippen LogP contribution in [0.2, 0.25) is 0 Å². The van der Waals surface area contributed by atoms with Gasteiger partial charge in [0.2, 0.25) is 10.0 Å². The Morgan fingerprint density at radius 3 is 2.96 bits per heavy atom. The number of aromatic nitrogens is 1. The van der Waals surface area contributed by atoms with Gasteiger partial charge in [0.15, 0.2) is 0 Å². The Hall–Kier alpha value is -1.50. The molecule has 1 aliphatic heterocycles. The third kappa shape index (κ3) is 4.75. The number of para-hydroxylation sites is 1. The van der Waals surface area contributed by atoms with Crippen molar-refractivity contribution < 1.29 is 8.42 Å². The first kappa shape index (κ1) is 17.3. The summed E-state index contributed by atoms with van der Waals surface area (Å²) < 4.78 is 25.0. The van der Waals surface area contributed by atoms with E-state index >= 15 is 0 Å². The number of fused-ring (bicyclic) bond motifs is 1. The second kappa shape index (κ2) is 7.59. The Labute approximate surface area is 144 Å². The predicted octanol–water partition coefficient (Wildman–Crippen LogP) is 2.39. The van der Waals surface area contributed by atoms with Gasteiger partial charge >= 0.3 is 0 Å². The van der Waals surface area contributed by atoms with E-state index in [1.54, 1.807) is 0 Å². The molecule has 1 saturated heterocycles. The average molecular weight is 347 g/mol. The Morgan fingerprint density at radius 2 is 2.12 bits per heavy atom. The van der Waals surface area contributed by atoms with Crippen LogP contribution in [0.15, 0.2) is 36.5 Å². The van der Waals surface area contributed by atoms with Gasteiger partial charge in [0, 0.05) is 31.2 Å². The van der Waals surface area contributed by atoms with Crippen LogP contribution in [-0.4, -0.2) is 44.2 Å². The minimum atomic E-state index is -3.08. The zero-order valence-electron chi connectivity index (χ0n) is 14.1. The quantitative estimate of drug-likeness (QED) is 0.871. The van der Waals surface area contributed by atoms with Crippen molar-refractivity contribution in [2.75, 3.05) is 25.9 Å². The molecule has 1 aromatic carbocycles. The molecule has 1 unspecified atom stereocenters. The van der Waals surface area contributed by atoms with E-state index < -0.39 is 10.0 Å². The molecule has 0 aliphatic carbocycles. The van der Waals surface area contributed by atoms with Crippen LogP contribution < -0.4 is 4.72 Å². The Kier molecular flexibility index (Phi) is 5.48. The summed E-state index contributed by atoms with van der Waals surface area (Å²) in [6.07, 6.45) is 6.36. The molecular weight excluding hydrogens is 322 g/mol. The van der Waals surface area contributed by atoms with Gasteiger partial charge in [0.05, 0.1) is 11.8 Å². The van der Waals surface area contributed by atoms with Crippen LogP contribution in [0.3, 0.4) is 0 Å². The van der Waals surface area contributed by atoms with E-state index in [0.717, 1.165) is 31.6 Å². The first-order chi connectivity index (χ1) is 11.5. The fraction of sp³-hybridized carbons (Fsp3) is 0.500. The second-order valence-corrected chi connectivity index (χ2v) is 8.52. The zero-order valence-corrected chi connectivity index (χ0v) is 14.9. The third-order valence-corrected chi connectivity index (χ3v) is 5.38. The molecule has 0 bridgehead atoms. The average Bonchev–Trinajstić information content (AvgIpc) is 2.54. The van der Waals surface area contributed by atoms with E-state index in [1.165, 1.54) is 30.0 Å². The van der Waals surface area contributed by atoms with Crippen LogP contribution >= 0.6 is 0 Å². The van der Waals surface area contributed by atoms with Crippen molar-refractivity contribution in [2.45, 2.75) is 25.8 Å². The van der Waals surface area contributed by atoms with Crippen molar-refractivity contribution in [2.24, 2.45) is 5.92 Å². The molecule has 24 heavy (non-hydrogen) atoms. The van der Waals surface area contributed by atoms with E-state index in [4.69, 9.17) is 0 Å². The first-order valence-electron chi connectivity index (χ1n) is 8.51. The molecule has 1 N–H and O–H groups in total. The van der Waals surface area contributed by atoms with Gasteiger partial charge in [-0.25, -0.2) is 13.1 Å². The molecule has 0 amide bonds. The molecule has 3 rings (SSSR count). The van der Waals surface area contributed by atoms with Gasteiger partial charge in [-0.2, -0.15) is 0 Å². The molecular formula is C18H25N3O2S. The van der Waals surface area contributed by atoms with Crippen LogP contribution in [-0.2, 0) is 16.6 Å². The highest BCUT2D eigenvalue weighted by Gasteiger charge is 2.20. The lowest BCUT2D eigenvalue weighted by Gasteiger charge is -2.33. The molecule has 6 heteroatoms. The van der Waals surface area contributed by atoms with E-state index in [2.05, 4.69) is 38.9 Å². The number of likely N-dealkylation sites (tertiary alicyclic amines) is 1. The van der Waals surface area contributed by atoms with Crippen LogP contribution in [0.5, 0.6) is 0 Å². The minimum Gasteiger partial charge on any atom is -0.299 e. The molecule has 0 spiro atoms. The molecule has 1 fully saturated rings. The molecule has 0 radical (unpaired) electrons. The van der Waals surface area contributed by atoms with Gasteiger partial charge in [0.1, 0.15) is 0 Å². The van der Waals surface area contributed by atoms with Crippen molar-refractivity contribution >= 4 is 20.9 Å². The lowest BCUT2D eigenvalue weighted by atomic mass is 9.94. The maximum absolute atomic E-state index is 11.2. The monoisotopic (exact) mass is 347 g/mol. The summed E-state index contributed by atoms with van der Waals surface area (Å²) in [5.74, 6) is 0.557. The molecule has 1 atom stereocenters. The smallest absolute Gasteiger partial charge is 0.208 e. The maximum Gasteiger partial charge on any atom is 0.208 e. The van der Waals surface area contributed by atoms with E-state index in [9.17, 15) is 8.42 Å². The normalized spacial score (nSPS) is 19.6. The molecule has 0 saturated carbocycles. The highest BCUT2D eigenvalue weighted by atomic mass is 32.2. The summed E-state index contributed by atoms with van der Waals surface area (Å²) in [6.45, 7) is 3.60. The molecule has 130 valence electrons. The van der Waals surface area contributed by atoms with Crippen molar-refractivity contribution in [3.05, 3.63) is 42.1 Å². The SMILES string of the molecule is CS(=O)(=O)NCCC1CCCN(Cc2ccnc3ccccc23)C1. The Morgan fingerprint density at radius 1 is 1.29 bits per heavy atom. The van der Waals surface area contributed by atoms with Crippen LogP contribution in [0.25, 0.3) is 10.9 Å². The molecule has 1 aromatic heterocycles. The highest BCUT2D eigenvalue weighted by Crippen LogP contribution is 2.23. The molecule has 2 heterocycles. The minimum absolute atomic E-state index is 0.537. The van der Waals surface area contributed by atoms with Crippen molar-refractivity contribution in [3.8, 4) is 0 Å². The Bertz CT molecular complexity index is 786. The molecule has 2 aromatic rings. The number of rotatable bonds is 6. The first-order valence-corrected chi connectivity index (χ1v) is 10.4. The van der Waals surface area contributed by atoms with Gasteiger partial charge < -0.3 is 0 Å². The number of hydrogen-bond acceptors (Lipinski definition) is 4. The van der Waals surface area contributed by atoms with E-state index in [0.29, 0.717) is 12.5 Å². The topological polar surface area (TPSA) is 62.3 Å². The standard InChI is InChI=1S/C18H25N3O2S/c1-24(22,23)20-11-8-15-5-4-12-21(13-15)14-16-9-10-19-18-7-3-2-6-17(16)18/h2-3,6-7,9-10,15,20H,4-5,8,11-14H2,1H3. The summed E-state index contributed by atoms with van der Waals surface area (Å²) in [6, 6.07) is 10.4. The van der Waals surface area contributed by atoms with Crippen LogP contribution in [0.4, 0.5) is 0 Å². The van der Waals surface area contributed by atoms with E-state index in [-0.39, 0.29) is 0 Å². The zero-order chi connectivity index (χ0) is 17.0. The predicted molar refractivity (Wildman–Crippen MR) is 97.2 cm³/mol. The number of benzene rings is 1. The second-order valence-electron chi connectivity index (χ2n) is 6.69. The number of piperidine rings is 1. The van der Waals surface area contributed by atoms with Crippen molar-refractivity contribution in [1.82, 2.24) is 14.6 Å². The van der Waals surface area contributed by atoms with E-state index in [1.807, 2.05) is 12.3 Å². The number of nitrogens with zero attached hydrogens (tertiary/aromatic N) is 2. The van der Waals surface area contributed by atoms with Gasteiger partial charge in [-0.05, 0) is 49.4 Å². The fourth-order valence-electron chi connectivity index (χ4n) is 3.51. The van der Waals surface area contributed by atoms with Gasteiger partial charge in [-0.15, -0.1) is 0 Å². The van der Waals surface area contributed by atoms with Gasteiger partial charge in [-0.3, -0.25) is 9.88 Å². The largest absolute Gasteiger partial charge is 0.299 e. The summed E-state index contributed by atoms with van der Waals surface area (Å²) in [4.78, 5) is 6.91. The summed E-state index contributed by atoms with van der Waals surface area (Å²) in [7, 11) is -3.08. The number of pyridine rings is 1. The third-order valence-electron chi connectivity index (χ3n) is 4.65. The number of hydrogen-bond donors (Lipinski definition) is 1. The van der Waals surface area contributed by atoms with Crippen LogP contribution in [0, 0.1) is 5.92 Å². The number of nitrogens with one attached hydrogen (secondary N) is 1. The lowest BCUT2D eigenvalue weighted by molar-refractivity contribution is 0.163. The lowest BCUT2D eigenvalue weighted by Crippen LogP contribution is -2.36. The van der Waals surface area contributed by atoms with Gasteiger partial charge in [0.25, 0.3) is 0 Å². The number of sulfonamides is 1. The van der Waals surface area contributed by atoms with Crippen molar-refractivity contribution in [3.63, 3.8) is 0 Å². The van der Waals surface area contributed by atoms with Crippen molar-refractivity contribution in [1.29, 1.82) is 0 Å².